The molecule has 3 heteroatoms. The lowest BCUT2D eigenvalue weighted by Gasteiger charge is -2.08. The van der Waals surface area contributed by atoms with E-state index in [1.54, 1.807) is 6.20 Å². The van der Waals surface area contributed by atoms with Gasteiger partial charge in [0.2, 0.25) is 0 Å². The van der Waals surface area contributed by atoms with Gasteiger partial charge in [-0.25, -0.2) is 0 Å². The first-order valence-electron chi connectivity index (χ1n) is 5.48. The molecular weight excluding hydrogens is 198 g/mol. The number of nitrogens with zero attached hydrogens (tertiary/aromatic N) is 2. The minimum atomic E-state index is 0.794. The first-order chi connectivity index (χ1) is 7.90. The summed E-state index contributed by atoms with van der Waals surface area (Å²) in [4.78, 5) is 0. The molecular formula is C13H15N3. The maximum Gasteiger partial charge on any atom is 0.148 e. The van der Waals surface area contributed by atoms with E-state index in [4.69, 9.17) is 0 Å². The highest BCUT2D eigenvalue weighted by molar-refractivity contribution is 5.35. The average molecular weight is 213 g/mol. The van der Waals surface area contributed by atoms with Crippen LogP contribution in [-0.2, 0) is 13.0 Å². The number of aryl methyl sites for hydroxylation is 1. The maximum absolute atomic E-state index is 3.99. The van der Waals surface area contributed by atoms with E-state index >= 15 is 0 Å². The molecule has 1 heterocycles. The maximum atomic E-state index is 3.99. The van der Waals surface area contributed by atoms with E-state index in [1.165, 1.54) is 11.1 Å². The van der Waals surface area contributed by atoms with E-state index in [-0.39, 0.29) is 0 Å². The van der Waals surface area contributed by atoms with Crippen LogP contribution in [0.15, 0.2) is 42.6 Å². The molecule has 2 rings (SSSR count). The molecule has 0 bridgehead atoms. The number of hydrogen-bond acceptors (Lipinski definition) is 3. The van der Waals surface area contributed by atoms with Gasteiger partial charge in [0.15, 0.2) is 0 Å². The van der Waals surface area contributed by atoms with Gasteiger partial charge < -0.3 is 5.32 Å². The van der Waals surface area contributed by atoms with Gasteiger partial charge >= 0.3 is 0 Å². The molecule has 2 aromatic rings. The monoisotopic (exact) mass is 213 g/mol. The Morgan fingerprint density at radius 2 is 1.88 bits per heavy atom. The van der Waals surface area contributed by atoms with Gasteiger partial charge in [0.25, 0.3) is 0 Å². The van der Waals surface area contributed by atoms with E-state index in [9.17, 15) is 0 Å². The van der Waals surface area contributed by atoms with Crippen LogP contribution in [0.25, 0.3) is 0 Å². The summed E-state index contributed by atoms with van der Waals surface area (Å²) >= 11 is 0. The first kappa shape index (κ1) is 10.6. The molecule has 0 radical (unpaired) electrons. The second kappa shape index (κ2) is 5.26. The molecule has 0 aliphatic rings. The standard InChI is InChI=1S/C13H15N3/c1-2-11-6-3-4-7-12(11)10-14-13-8-5-9-15-16-13/h3-9H,2,10H2,1H3,(H,14,16). The number of benzene rings is 1. The zero-order chi connectivity index (χ0) is 11.2. The van der Waals surface area contributed by atoms with Gasteiger partial charge in [0.1, 0.15) is 5.82 Å². The predicted octanol–water partition coefficient (Wildman–Crippen LogP) is 2.65. The Morgan fingerprint density at radius 3 is 2.56 bits per heavy atom. The molecule has 0 aliphatic heterocycles. The summed E-state index contributed by atoms with van der Waals surface area (Å²) in [7, 11) is 0. The van der Waals surface area contributed by atoms with Crippen molar-refractivity contribution in [2.24, 2.45) is 0 Å². The number of hydrogen-bond donors (Lipinski definition) is 1. The number of nitrogens with one attached hydrogen (secondary N) is 1. The highest BCUT2D eigenvalue weighted by atomic mass is 15.2. The van der Waals surface area contributed by atoms with Gasteiger partial charge in [0, 0.05) is 12.7 Å². The molecule has 1 N–H and O–H groups in total. The Morgan fingerprint density at radius 1 is 1.06 bits per heavy atom. The minimum absolute atomic E-state index is 0.794. The zero-order valence-electron chi connectivity index (χ0n) is 9.35. The molecule has 3 nitrogen and oxygen atoms in total. The van der Waals surface area contributed by atoms with Crippen LogP contribution >= 0.6 is 0 Å². The zero-order valence-corrected chi connectivity index (χ0v) is 9.35. The third-order valence-corrected chi connectivity index (χ3v) is 2.53. The van der Waals surface area contributed by atoms with Gasteiger partial charge in [-0.05, 0) is 29.7 Å². The smallest absolute Gasteiger partial charge is 0.148 e. The molecule has 0 amide bonds. The van der Waals surface area contributed by atoms with Crippen molar-refractivity contribution in [1.82, 2.24) is 10.2 Å². The van der Waals surface area contributed by atoms with Crippen molar-refractivity contribution in [3.05, 3.63) is 53.7 Å². The molecule has 16 heavy (non-hydrogen) atoms. The van der Waals surface area contributed by atoms with Gasteiger partial charge in [-0.2, -0.15) is 5.10 Å². The van der Waals surface area contributed by atoms with Gasteiger partial charge in [0.05, 0.1) is 0 Å². The topological polar surface area (TPSA) is 37.8 Å². The Balaban J connectivity index is 2.05. The molecule has 0 aliphatic carbocycles. The van der Waals surface area contributed by atoms with Gasteiger partial charge in [-0.1, -0.05) is 31.2 Å². The Bertz CT molecular complexity index is 440. The molecule has 0 saturated heterocycles. The van der Waals surface area contributed by atoms with Crippen molar-refractivity contribution >= 4 is 5.82 Å². The largest absolute Gasteiger partial charge is 0.364 e. The summed E-state index contributed by atoms with van der Waals surface area (Å²) in [6.45, 7) is 2.96. The van der Waals surface area contributed by atoms with Crippen LogP contribution in [0.2, 0.25) is 0 Å². The fourth-order valence-corrected chi connectivity index (χ4v) is 1.66. The first-order valence-corrected chi connectivity index (χ1v) is 5.48. The summed E-state index contributed by atoms with van der Waals surface area (Å²) in [6, 6.07) is 12.2. The third-order valence-electron chi connectivity index (χ3n) is 2.53. The van der Waals surface area contributed by atoms with E-state index < -0.39 is 0 Å². The summed E-state index contributed by atoms with van der Waals surface area (Å²) in [5, 5.41) is 11.1. The summed E-state index contributed by atoms with van der Waals surface area (Å²) in [6.07, 6.45) is 2.73. The molecule has 0 atom stereocenters. The average Bonchev–Trinajstić information content (AvgIpc) is 2.38. The van der Waals surface area contributed by atoms with Crippen molar-refractivity contribution in [2.45, 2.75) is 19.9 Å². The normalized spacial score (nSPS) is 10.1. The summed E-state index contributed by atoms with van der Waals surface area (Å²) in [5.74, 6) is 0.813. The van der Waals surface area contributed by atoms with Gasteiger partial charge in [-0.3, -0.25) is 0 Å². The molecule has 1 aromatic heterocycles. The number of rotatable bonds is 4. The Labute approximate surface area is 95.5 Å². The van der Waals surface area contributed by atoms with Crippen LogP contribution in [0.5, 0.6) is 0 Å². The second-order valence-electron chi connectivity index (χ2n) is 3.58. The molecule has 0 spiro atoms. The van der Waals surface area contributed by atoms with E-state index in [0.29, 0.717) is 0 Å². The van der Waals surface area contributed by atoms with Crippen LogP contribution in [0, 0.1) is 0 Å². The SMILES string of the molecule is CCc1ccccc1CNc1cccnn1. The van der Waals surface area contributed by atoms with Crippen molar-refractivity contribution < 1.29 is 0 Å². The van der Waals surface area contributed by atoms with Gasteiger partial charge in [-0.15, -0.1) is 5.10 Å². The Hall–Kier alpha value is -1.90. The number of anilines is 1. The third kappa shape index (κ3) is 2.57. The van der Waals surface area contributed by atoms with Crippen molar-refractivity contribution in [3.8, 4) is 0 Å². The van der Waals surface area contributed by atoms with Crippen LogP contribution < -0.4 is 5.32 Å². The quantitative estimate of drug-likeness (QED) is 0.848. The highest BCUT2D eigenvalue weighted by Crippen LogP contribution is 2.11. The summed E-state index contributed by atoms with van der Waals surface area (Å²) in [5.41, 5.74) is 2.69. The minimum Gasteiger partial charge on any atom is -0.364 e. The van der Waals surface area contributed by atoms with Crippen LogP contribution in [0.4, 0.5) is 5.82 Å². The van der Waals surface area contributed by atoms with Crippen molar-refractivity contribution in [2.75, 3.05) is 5.32 Å². The van der Waals surface area contributed by atoms with E-state index in [1.807, 2.05) is 12.1 Å². The molecule has 0 unspecified atom stereocenters. The lowest BCUT2D eigenvalue weighted by molar-refractivity contribution is 0.984. The predicted molar refractivity (Wildman–Crippen MR) is 65.2 cm³/mol. The number of aromatic nitrogens is 2. The second-order valence-corrected chi connectivity index (χ2v) is 3.58. The van der Waals surface area contributed by atoms with Crippen LogP contribution in [-0.4, -0.2) is 10.2 Å². The summed E-state index contributed by atoms with van der Waals surface area (Å²) < 4.78 is 0. The lowest BCUT2D eigenvalue weighted by atomic mass is 10.1. The van der Waals surface area contributed by atoms with Crippen molar-refractivity contribution in [1.29, 1.82) is 0 Å². The highest BCUT2D eigenvalue weighted by Gasteiger charge is 1.99. The van der Waals surface area contributed by atoms with Crippen LogP contribution in [0.1, 0.15) is 18.1 Å². The van der Waals surface area contributed by atoms with Crippen LogP contribution in [0.3, 0.4) is 0 Å². The molecule has 0 saturated carbocycles. The molecule has 0 fully saturated rings. The Kier molecular flexibility index (Phi) is 3.49. The molecule has 82 valence electrons. The fraction of sp³-hybridized carbons (Fsp3) is 0.231. The fourth-order valence-electron chi connectivity index (χ4n) is 1.66. The van der Waals surface area contributed by atoms with Crippen molar-refractivity contribution in [3.63, 3.8) is 0 Å². The lowest BCUT2D eigenvalue weighted by Crippen LogP contribution is -2.04. The van der Waals surface area contributed by atoms with E-state index in [0.717, 1.165) is 18.8 Å². The van der Waals surface area contributed by atoms with E-state index in [2.05, 4.69) is 46.7 Å². The molecule has 1 aromatic carbocycles.